The number of rotatable bonds is 7. The number of nitrogens with one attached hydrogen (secondary N) is 1. The molecule has 0 atom stereocenters. The minimum atomic E-state index is -0.408. The van der Waals surface area contributed by atoms with Gasteiger partial charge in [-0.2, -0.15) is 5.10 Å². The zero-order chi connectivity index (χ0) is 21.8. The van der Waals surface area contributed by atoms with Gasteiger partial charge in [-0.05, 0) is 24.6 Å². The van der Waals surface area contributed by atoms with E-state index in [9.17, 15) is 14.4 Å². The molecular weight excluding hydrogens is 431 g/mol. The Balaban J connectivity index is 1.72. The summed E-state index contributed by atoms with van der Waals surface area (Å²) in [7, 11) is 1.68. The first-order chi connectivity index (χ1) is 14.3. The molecular formula is C19H20Cl2N6O3. The van der Waals surface area contributed by atoms with Gasteiger partial charge in [0.2, 0.25) is 11.8 Å². The maximum atomic E-state index is 12.8. The standard InChI is InChI=1S/C19H20Cl2N6O3/c1-3-6-26(9-16(28)24-15-5-4-12(20)7-14(15)21)17(29)10-27-11-22-18-13(19(27)30)8-23-25(18)2/h4-5,7-8,11H,3,6,9-10H2,1-2H3,(H,24,28). The van der Waals surface area contributed by atoms with Gasteiger partial charge >= 0.3 is 0 Å². The van der Waals surface area contributed by atoms with E-state index in [1.54, 1.807) is 19.2 Å². The minimum Gasteiger partial charge on any atom is -0.332 e. The molecule has 0 aliphatic carbocycles. The van der Waals surface area contributed by atoms with Crippen LogP contribution in [0.4, 0.5) is 5.69 Å². The molecule has 0 bridgehead atoms. The third-order valence-electron chi connectivity index (χ3n) is 4.41. The Hall–Kier alpha value is -2.91. The van der Waals surface area contributed by atoms with Crippen LogP contribution in [0.15, 0.2) is 35.5 Å². The summed E-state index contributed by atoms with van der Waals surface area (Å²) in [5.41, 5.74) is 0.473. The fourth-order valence-electron chi connectivity index (χ4n) is 2.94. The van der Waals surface area contributed by atoms with E-state index in [1.807, 2.05) is 6.92 Å². The molecule has 1 aromatic carbocycles. The lowest BCUT2D eigenvalue weighted by Gasteiger charge is -2.22. The van der Waals surface area contributed by atoms with Gasteiger partial charge in [-0.15, -0.1) is 0 Å². The van der Waals surface area contributed by atoms with Crippen molar-refractivity contribution in [2.45, 2.75) is 19.9 Å². The lowest BCUT2D eigenvalue weighted by atomic mass is 10.3. The van der Waals surface area contributed by atoms with Crippen LogP contribution in [0.5, 0.6) is 0 Å². The van der Waals surface area contributed by atoms with E-state index < -0.39 is 5.91 Å². The summed E-state index contributed by atoms with van der Waals surface area (Å²) in [4.78, 5) is 43.4. The predicted molar refractivity (Wildman–Crippen MR) is 115 cm³/mol. The molecule has 1 N–H and O–H groups in total. The third kappa shape index (κ3) is 4.80. The van der Waals surface area contributed by atoms with E-state index in [0.29, 0.717) is 39.7 Å². The molecule has 2 amide bonds. The van der Waals surface area contributed by atoms with Crippen LogP contribution in [-0.4, -0.2) is 49.1 Å². The number of hydrogen-bond acceptors (Lipinski definition) is 5. The molecule has 0 saturated carbocycles. The van der Waals surface area contributed by atoms with Gasteiger partial charge in [0.05, 0.1) is 23.5 Å². The number of nitrogens with zero attached hydrogens (tertiary/aromatic N) is 5. The Morgan fingerprint density at radius 3 is 2.73 bits per heavy atom. The highest BCUT2D eigenvalue weighted by Crippen LogP contribution is 2.25. The Morgan fingerprint density at radius 1 is 1.27 bits per heavy atom. The molecule has 3 aromatic rings. The fourth-order valence-corrected chi connectivity index (χ4v) is 3.40. The molecule has 3 rings (SSSR count). The van der Waals surface area contributed by atoms with Crippen LogP contribution in [-0.2, 0) is 23.2 Å². The largest absolute Gasteiger partial charge is 0.332 e. The van der Waals surface area contributed by atoms with Crippen molar-refractivity contribution in [3.8, 4) is 0 Å². The summed E-state index contributed by atoms with van der Waals surface area (Å²) in [6.45, 7) is 1.84. The van der Waals surface area contributed by atoms with Crippen LogP contribution in [0.25, 0.3) is 11.0 Å². The van der Waals surface area contributed by atoms with Gasteiger partial charge in [0.1, 0.15) is 18.3 Å². The minimum absolute atomic E-state index is 0.178. The van der Waals surface area contributed by atoms with E-state index >= 15 is 0 Å². The first-order valence-electron chi connectivity index (χ1n) is 9.20. The summed E-state index contributed by atoms with van der Waals surface area (Å²) < 4.78 is 2.70. The van der Waals surface area contributed by atoms with E-state index in [4.69, 9.17) is 23.2 Å². The lowest BCUT2D eigenvalue weighted by Crippen LogP contribution is -2.41. The number of fused-ring (bicyclic) bond motifs is 1. The molecule has 11 heteroatoms. The second-order valence-corrected chi connectivity index (χ2v) is 7.51. The highest BCUT2D eigenvalue weighted by atomic mass is 35.5. The van der Waals surface area contributed by atoms with Crippen LogP contribution in [0.3, 0.4) is 0 Å². The van der Waals surface area contributed by atoms with Gasteiger partial charge in [-0.3, -0.25) is 23.6 Å². The van der Waals surface area contributed by atoms with Crippen LogP contribution >= 0.6 is 23.2 Å². The van der Waals surface area contributed by atoms with Crippen LogP contribution in [0.2, 0.25) is 10.0 Å². The number of benzene rings is 1. The number of carbonyl (C=O) groups excluding carboxylic acids is 2. The molecule has 0 aliphatic rings. The molecule has 158 valence electrons. The monoisotopic (exact) mass is 450 g/mol. The van der Waals surface area contributed by atoms with Crippen molar-refractivity contribution >= 4 is 51.7 Å². The van der Waals surface area contributed by atoms with Gasteiger partial charge in [0, 0.05) is 18.6 Å². The second kappa shape index (κ2) is 9.27. The molecule has 0 fully saturated rings. The summed E-state index contributed by atoms with van der Waals surface area (Å²) in [5, 5.41) is 7.75. The van der Waals surface area contributed by atoms with Gasteiger partial charge in [0.25, 0.3) is 5.56 Å². The van der Waals surface area contributed by atoms with E-state index in [0.717, 1.165) is 0 Å². The van der Waals surface area contributed by atoms with Crippen molar-refractivity contribution in [3.05, 3.63) is 51.1 Å². The summed E-state index contributed by atoms with van der Waals surface area (Å²) in [6, 6.07) is 4.70. The van der Waals surface area contributed by atoms with Crippen molar-refractivity contribution in [1.82, 2.24) is 24.2 Å². The van der Waals surface area contributed by atoms with Crippen molar-refractivity contribution in [2.24, 2.45) is 7.05 Å². The highest BCUT2D eigenvalue weighted by molar-refractivity contribution is 6.36. The smallest absolute Gasteiger partial charge is 0.264 e. The Bertz CT molecular complexity index is 1160. The molecule has 0 aliphatic heterocycles. The van der Waals surface area contributed by atoms with Gasteiger partial charge < -0.3 is 10.2 Å². The number of carbonyl (C=O) groups is 2. The number of aryl methyl sites for hydroxylation is 1. The second-order valence-electron chi connectivity index (χ2n) is 6.67. The predicted octanol–water partition coefficient (Wildman–Crippen LogP) is 2.31. The summed E-state index contributed by atoms with van der Waals surface area (Å²) in [6.07, 6.45) is 3.37. The van der Waals surface area contributed by atoms with E-state index in [2.05, 4.69) is 15.4 Å². The number of halogens is 2. The molecule has 2 heterocycles. The number of anilines is 1. The van der Waals surface area contributed by atoms with Crippen LogP contribution in [0.1, 0.15) is 13.3 Å². The highest BCUT2D eigenvalue weighted by Gasteiger charge is 2.19. The normalized spacial score (nSPS) is 10.9. The lowest BCUT2D eigenvalue weighted by molar-refractivity contribution is -0.135. The molecule has 9 nitrogen and oxygen atoms in total. The molecule has 30 heavy (non-hydrogen) atoms. The zero-order valence-electron chi connectivity index (χ0n) is 16.4. The van der Waals surface area contributed by atoms with Crippen molar-refractivity contribution in [2.75, 3.05) is 18.4 Å². The third-order valence-corrected chi connectivity index (χ3v) is 4.96. The SMILES string of the molecule is CCCN(CC(=O)Nc1ccc(Cl)cc1Cl)C(=O)Cn1cnc2c(cnn2C)c1=O. The van der Waals surface area contributed by atoms with Crippen LogP contribution in [0, 0.1) is 0 Å². The summed E-state index contributed by atoms with van der Waals surface area (Å²) in [5.74, 6) is -0.782. The topological polar surface area (TPSA) is 102 Å². The Morgan fingerprint density at radius 2 is 2.03 bits per heavy atom. The molecule has 0 unspecified atom stereocenters. The van der Waals surface area contributed by atoms with Gasteiger partial charge in [0.15, 0.2) is 5.65 Å². The zero-order valence-corrected chi connectivity index (χ0v) is 17.9. The van der Waals surface area contributed by atoms with Crippen LogP contribution < -0.4 is 10.9 Å². The first kappa shape index (κ1) is 21.8. The Labute approximate surface area is 182 Å². The number of aromatic nitrogens is 4. The molecule has 0 spiro atoms. The maximum absolute atomic E-state index is 12.8. The van der Waals surface area contributed by atoms with Gasteiger partial charge in [-0.25, -0.2) is 4.98 Å². The van der Waals surface area contributed by atoms with E-state index in [1.165, 1.54) is 32.7 Å². The summed E-state index contributed by atoms with van der Waals surface area (Å²) >= 11 is 11.9. The molecule has 0 radical (unpaired) electrons. The molecule has 0 saturated heterocycles. The fraction of sp³-hybridized carbons (Fsp3) is 0.316. The molecule has 2 aromatic heterocycles. The van der Waals surface area contributed by atoms with Crippen molar-refractivity contribution < 1.29 is 9.59 Å². The maximum Gasteiger partial charge on any atom is 0.264 e. The van der Waals surface area contributed by atoms with Gasteiger partial charge in [-0.1, -0.05) is 30.1 Å². The van der Waals surface area contributed by atoms with Crippen molar-refractivity contribution in [3.63, 3.8) is 0 Å². The number of amides is 2. The van der Waals surface area contributed by atoms with Crippen molar-refractivity contribution in [1.29, 1.82) is 0 Å². The Kier molecular flexibility index (Phi) is 6.73. The average Bonchev–Trinajstić information content (AvgIpc) is 3.07. The van der Waals surface area contributed by atoms with E-state index in [-0.39, 0.29) is 24.6 Å². The first-order valence-corrected chi connectivity index (χ1v) is 9.95. The average molecular weight is 451 g/mol. The quantitative estimate of drug-likeness (QED) is 0.594. The number of hydrogen-bond donors (Lipinski definition) is 1.